The van der Waals surface area contributed by atoms with Gasteiger partial charge in [-0.25, -0.2) is 14.1 Å². The van der Waals surface area contributed by atoms with Gasteiger partial charge in [0.15, 0.2) is 5.96 Å². The van der Waals surface area contributed by atoms with Crippen LogP contribution < -0.4 is 11.1 Å². The van der Waals surface area contributed by atoms with Crippen molar-refractivity contribution in [3.8, 4) is 5.69 Å². The van der Waals surface area contributed by atoms with E-state index >= 15 is 0 Å². The number of hydrogen-bond donors (Lipinski definition) is 2. The summed E-state index contributed by atoms with van der Waals surface area (Å²) in [6.45, 7) is 2.37. The van der Waals surface area contributed by atoms with Crippen LogP contribution in [0.4, 0.5) is 10.1 Å². The van der Waals surface area contributed by atoms with Crippen LogP contribution in [-0.2, 0) is 6.54 Å². The average Bonchev–Trinajstić information content (AvgIpc) is 3.03. The molecule has 25 heavy (non-hydrogen) atoms. The van der Waals surface area contributed by atoms with Crippen molar-refractivity contribution in [2.75, 3.05) is 5.32 Å². The van der Waals surface area contributed by atoms with E-state index in [1.807, 2.05) is 43.5 Å². The normalized spacial score (nSPS) is 11.0. The molecule has 1 heterocycles. The summed E-state index contributed by atoms with van der Waals surface area (Å²) in [5, 5.41) is 7.46. The van der Waals surface area contributed by atoms with E-state index in [2.05, 4.69) is 15.4 Å². The highest BCUT2D eigenvalue weighted by Crippen LogP contribution is 2.10. The molecular weight excluding hydrogens is 432 g/mol. The third-order valence-electron chi connectivity index (χ3n) is 3.44. The predicted molar refractivity (Wildman–Crippen MR) is 109 cm³/mol. The van der Waals surface area contributed by atoms with Crippen molar-refractivity contribution in [1.82, 2.24) is 9.78 Å². The molecule has 0 amide bonds. The summed E-state index contributed by atoms with van der Waals surface area (Å²) in [4.78, 5) is 4.29. The molecule has 0 aliphatic carbocycles. The fraction of sp³-hybridized carbons (Fsp3) is 0.111. The van der Waals surface area contributed by atoms with Crippen LogP contribution in [0.25, 0.3) is 5.69 Å². The van der Waals surface area contributed by atoms with Crippen LogP contribution in [0.15, 0.2) is 65.8 Å². The third kappa shape index (κ3) is 5.28. The third-order valence-corrected chi connectivity index (χ3v) is 3.44. The largest absolute Gasteiger partial charge is 0.370 e. The lowest BCUT2D eigenvalue weighted by atomic mass is 10.2. The monoisotopic (exact) mass is 451 g/mol. The van der Waals surface area contributed by atoms with Crippen molar-refractivity contribution in [3.05, 3.63) is 77.9 Å². The quantitative estimate of drug-likeness (QED) is 0.360. The molecule has 0 spiro atoms. The second-order valence-electron chi connectivity index (χ2n) is 5.42. The van der Waals surface area contributed by atoms with Crippen molar-refractivity contribution < 1.29 is 4.39 Å². The minimum atomic E-state index is -0.272. The van der Waals surface area contributed by atoms with Gasteiger partial charge in [-0.3, -0.25) is 0 Å². The molecule has 2 aromatic carbocycles. The SMILES string of the molecule is Cc1cccc(NC(N)=NCc2ccn(-c3ccc(F)cc3)n2)c1.I. The molecule has 3 aromatic rings. The van der Waals surface area contributed by atoms with E-state index in [-0.39, 0.29) is 29.8 Å². The summed E-state index contributed by atoms with van der Waals surface area (Å²) in [6.07, 6.45) is 1.81. The molecule has 3 rings (SSSR count). The lowest BCUT2D eigenvalue weighted by molar-refractivity contribution is 0.627. The predicted octanol–water partition coefficient (Wildman–Crippen LogP) is 3.86. The number of nitrogens with zero attached hydrogens (tertiary/aromatic N) is 3. The Kier molecular flexibility index (Phi) is 6.51. The molecule has 0 bridgehead atoms. The van der Waals surface area contributed by atoms with E-state index in [0.29, 0.717) is 12.5 Å². The summed E-state index contributed by atoms with van der Waals surface area (Å²) < 4.78 is 14.6. The van der Waals surface area contributed by atoms with Crippen molar-refractivity contribution in [2.24, 2.45) is 10.7 Å². The first-order valence-corrected chi connectivity index (χ1v) is 7.54. The number of aromatic nitrogens is 2. The molecule has 7 heteroatoms. The van der Waals surface area contributed by atoms with Gasteiger partial charge in [-0.1, -0.05) is 12.1 Å². The van der Waals surface area contributed by atoms with E-state index in [1.165, 1.54) is 12.1 Å². The zero-order valence-corrected chi connectivity index (χ0v) is 16.0. The second kappa shape index (κ2) is 8.61. The minimum absolute atomic E-state index is 0. The summed E-state index contributed by atoms with van der Waals surface area (Å²) >= 11 is 0. The number of aliphatic imine (C=N–C) groups is 1. The van der Waals surface area contributed by atoms with Crippen molar-refractivity contribution in [1.29, 1.82) is 0 Å². The van der Waals surface area contributed by atoms with Crippen molar-refractivity contribution >= 4 is 35.6 Å². The molecule has 0 fully saturated rings. The van der Waals surface area contributed by atoms with Crippen LogP contribution in [-0.4, -0.2) is 15.7 Å². The molecule has 1 aromatic heterocycles. The lowest BCUT2D eigenvalue weighted by Gasteiger charge is -2.05. The van der Waals surface area contributed by atoms with Crippen LogP contribution >= 0.6 is 24.0 Å². The van der Waals surface area contributed by atoms with Gasteiger partial charge in [0.2, 0.25) is 0 Å². The smallest absolute Gasteiger partial charge is 0.193 e. The van der Waals surface area contributed by atoms with Crippen molar-refractivity contribution in [3.63, 3.8) is 0 Å². The zero-order chi connectivity index (χ0) is 16.9. The van der Waals surface area contributed by atoms with Gasteiger partial charge in [0.25, 0.3) is 0 Å². The van der Waals surface area contributed by atoms with Crippen molar-refractivity contribution in [2.45, 2.75) is 13.5 Å². The van der Waals surface area contributed by atoms with E-state index < -0.39 is 0 Å². The molecule has 0 radical (unpaired) electrons. The van der Waals surface area contributed by atoms with Crippen LogP contribution in [0.1, 0.15) is 11.3 Å². The van der Waals surface area contributed by atoms with Gasteiger partial charge in [0.05, 0.1) is 17.9 Å². The van der Waals surface area contributed by atoms with E-state index in [4.69, 9.17) is 5.73 Å². The summed E-state index contributed by atoms with van der Waals surface area (Å²) in [7, 11) is 0. The van der Waals surface area contributed by atoms with Gasteiger partial charge in [0, 0.05) is 11.9 Å². The molecule has 0 aliphatic heterocycles. The first-order chi connectivity index (χ1) is 11.6. The maximum Gasteiger partial charge on any atom is 0.193 e. The highest BCUT2D eigenvalue weighted by Gasteiger charge is 2.02. The Balaban J connectivity index is 0.00000225. The minimum Gasteiger partial charge on any atom is -0.370 e. The number of rotatable bonds is 4. The van der Waals surface area contributed by atoms with Gasteiger partial charge < -0.3 is 11.1 Å². The van der Waals surface area contributed by atoms with Gasteiger partial charge in [-0.2, -0.15) is 5.10 Å². The Hall–Kier alpha value is -2.42. The van der Waals surface area contributed by atoms with Gasteiger partial charge in [-0.15, -0.1) is 24.0 Å². The molecule has 3 N–H and O–H groups in total. The number of guanidine groups is 1. The van der Waals surface area contributed by atoms with E-state index in [0.717, 1.165) is 22.6 Å². The topological polar surface area (TPSA) is 68.2 Å². The number of nitrogens with two attached hydrogens (primary N) is 1. The fourth-order valence-electron chi connectivity index (χ4n) is 2.26. The number of hydrogen-bond acceptors (Lipinski definition) is 2. The highest BCUT2D eigenvalue weighted by atomic mass is 127. The number of benzene rings is 2. The van der Waals surface area contributed by atoms with Crippen LogP contribution in [0.3, 0.4) is 0 Å². The second-order valence-corrected chi connectivity index (χ2v) is 5.42. The molecular formula is C18H19FIN5. The Labute approximate surface area is 162 Å². The standard InChI is InChI=1S/C18H18FN5.HI/c1-13-3-2-4-15(11-13)22-18(20)21-12-16-9-10-24(23-16)17-7-5-14(19)6-8-17;/h2-11H,12H2,1H3,(H3,20,21,22);1H. The summed E-state index contributed by atoms with van der Waals surface area (Å²) in [5.74, 6) is 0.0580. The molecule has 0 saturated carbocycles. The van der Waals surface area contributed by atoms with Crippen LogP contribution in [0.2, 0.25) is 0 Å². The zero-order valence-electron chi connectivity index (χ0n) is 13.7. The molecule has 130 valence electrons. The number of halogens is 2. The summed E-state index contributed by atoms with van der Waals surface area (Å²) in [5.41, 5.74) is 9.50. The Morgan fingerprint density at radius 3 is 2.68 bits per heavy atom. The van der Waals surface area contributed by atoms with E-state index in [9.17, 15) is 4.39 Å². The first-order valence-electron chi connectivity index (χ1n) is 7.54. The highest BCUT2D eigenvalue weighted by molar-refractivity contribution is 14.0. The molecule has 5 nitrogen and oxygen atoms in total. The van der Waals surface area contributed by atoms with Gasteiger partial charge in [0.1, 0.15) is 5.82 Å². The number of anilines is 1. The number of aryl methyl sites for hydroxylation is 1. The fourth-order valence-corrected chi connectivity index (χ4v) is 2.26. The molecule has 0 saturated heterocycles. The van der Waals surface area contributed by atoms with Gasteiger partial charge >= 0.3 is 0 Å². The molecule has 0 unspecified atom stereocenters. The Morgan fingerprint density at radius 2 is 1.96 bits per heavy atom. The maximum atomic E-state index is 13.0. The molecule has 0 aliphatic rings. The van der Waals surface area contributed by atoms with Crippen LogP contribution in [0, 0.1) is 12.7 Å². The van der Waals surface area contributed by atoms with E-state index in [1.54, 1.807) is 16.8 Å². The lowest BCUT2D eigenvalue weighted by Crippen LogP contribution is -2.22. The molecule has 0 atom stereocenters. The van der Waals surface area contributed by atoms with Crippen LogP contribution in [0.5, 0.6) is 0 Å². The Morgan fingerprint density at radius 1 is 1.20 bits per heavy atom. The number of nitrogens with one attached hydrogen (secondary N) is 1. The first kappa shape index (κ1) is 18.9. The van der Waals surface area contributed by atoms with Gasteiger partial charge in [-0.05, 0) is 55.0 Å². The summed E-state index contributed by atoms with van der Waals surface area (Å²) in [6, 6.07) is 15.9. The average molecular weight is 451 g/mol. The Bertz CT molecular complexity index is 858. The maximum absolute atomic E-state index is 13.0.